The molecule has 0 aliphatic carbocycles. The maximum Gasteiger partial charge on any atom is 0.0474 e. The third-order valence-electron chi connectivity index (χ3n) is 2.84. The fourth-order valence-corrected chi connectivity index (χ4v) is 3.52. The van der Waals surface area contributed by atoms with Crippen molar-refractivity contribution in [3.8, 4) is 0 Å². The number of aryl methyl sites for hydroxylation is 1. The number of halogens is 2. The fourth-order valence-electron chi connectivity index (χ4n) is 1.86. The van der Waals surface area contributed by atoms with Gasteiger partial charge in [0.2, 0.25) is 0 Å². The molecule has 5 heteroatoms. The largest absolute Gasteiger partial charge is 0.271 e. The van der Waals surface area contributed by atoms with Gasteiger partial charge >= 0.3 is 0 Å². The van der Waals surface area contributed by atoms with E-state index in [0.29, 0.717) is 0 Å². The number of nitrogens with one attached hydrogen (secondary N) is 1. The predicted molar refractivity (Wildman–Crippen MR) is 81.9 cm³/mol. The van der Waals surface area contributed by atoms with E-state index in [2.05, 4.69) is 38.2 Å². The summed E-state index contributed by atoms with van der Waals surface area (Å²) in [5, 5.41) is 4.99. The topological polar surface area (TPSA) is 38.0 Å². The minimum Gasteiger partial charge on any atom is -0.271 e. The van der Waals surface area contributed by atoms with Crippen molar-refractivity contribution in [1.29, 1.82) is 0 Å². The van der Waals surface area contributed by atoms with Crippen LogP contribution in [0.3, 0.4) is 0 Å². The lowest BCUT2D eigenvalue weighted by Crippen LogP contribution is -2.28. The molecule has 0 spiro atoms. The van der Waals surface area contributed by atoms with Crippen LogP contribution in [0.1, 0.15) is 23.6 Å². The molecule has 0 bridgehead atoms. The highest BCUT2D eigenvalue weighted by atomic mass is 79.9. The van der Waals surface area contributed by atoms with E-state index in [1.54, 1.807) is 11.3 Å². The molecule has 2 nitrogen and oxygen atoms in total. The maximum atomic E-state index is 5.94. The van der Waals surface area contributed by atoms with Gasteiger partial charge in [-0.2, -0.15) is 11.3 Å². The van der Waals surface area contributed by atoms with Crippen molar-refractivity contribution in [1.82, 2.24) is 5.43 Å². The molecule has 96 valence electrons. The molecule has 0 aliphatic rings. The van der Waals surface area contributed by atoms with E-state index in [4.69, 9.17) is 17.4 Å². The Kier molecular flexibility index (Phi) is 5.21. The summed E-state index contributed by atoms with van der Waals surface area (Å²) in [4.78, 5) is 0. The number of thiophene rings is 1. The van der Waals surface area contributed by atoms with Crippen LogP contribution in [-0.2, 0) is 6.42 Å². The molecule has 1 aromatic heterocycles. The van der Waals surface area contributed by atoms with Gasteiger partial charge in [-0.15, -0.1) is 0 Å². The van der Waals surface area contributed by atoms with Crippen molar-refractivity contribution in [3.05, 3.63) is 55.6 Å². The summed E-state index contributed by atoms with van der Waals surface area (Å²) in [5.41, 5.74) is 5.36. The Balaban J connectivity index is 2.08. The Labute approximate surface area is 124 Å². The standard InChI is InChI=1S/C13H14BrClN2S/c14-12-7-10(15)2-3-11(12)13(17-16)4-1-9-5-6-18-8-9/h2-3,5-8,13,17H,1,4,16H2. The van der Waals surface area contributed by atoms with Crippen molar-refractivity contribution in [2.45, 2.75) is 18.9 Å². The van der Waals surface area contributed by atoms with E-state index >= 15 is 0 Å². The van der Waals surface area contributed by atoms with Crippen LogP contribution in [0.2, 0.25) is 5.02 Å². The van der Waals surface area contributed by atoms with Gasteiger partial charge in [0, 0.05) is 15.5 Å². The van der Waals surface area contributed by atoms with Gasteiger partial charge in [-0.25, -0.2) is 0 Å². The van der Waals surface area contributed by atoms with E-state index in [1.165, 1.54) is 5.56 Å². The summed E-state index contributed by atoms with van der Waals surface area (Å²) in [7, 11) is 0. The van der Waals surface area contributed by atoms with Crippen LogP contribution in [0.4, 0.5) is 0 Å². The third kappa shape index (κ3) is 3.56. The fraction of sp³-hybridized carbons (Fsp3) is 0.231. The normalized spacial score (nSPS) is 12.6. The zero-order chi connectivity index (χ0) is 13.0. The summed E-state index contributed by atoms with van der Waals surface area (Å²) in [5.74, 6) is 5.65. The van der Waals surface area contributed by atoms with Crippen LogP contribution in [0.25, 0.3) is 0 Å². The van der Waals surface area contributed by atoms with E-state index < -0.39 is 0 Å². The van der Waals surface area contributed by atoms with E-state index in [1.807, 2.05) is 18.2 Å². The quantitative estimate of drug-likeness (QED) is 0.626. The average molecular weight is 346 g/mol. The second kappa shape index (κ2) is 6.68. The first-order chi connectivity index (χ1) is 8.70. The van der Waals surface area contributed by atoms with Crippen molar-refractivity contribution in [3.63, 3.8) is 0 Å². The van der Waals surface area contributed by atoms with Crippen LogP contribution in [0.5, 0.6) is 0 Å². The lowest BCUT2D eigenvalue weighted by Gasteiger charge is -2.17. The van der Waals surface area contributed by atoms with Gasteiger partial charge in [0.1, 0.15) is 0 Å². The monoisotopic (exact) mass is 344 g/mol. The van der Waals surface area contributed by atoms with Crippen molar-refractivity contribution >= 4 is 38.9 Å². The molecule has 0 radical (unpaired) electrons. The van der Waals surface area contributed by atoms with Crippen LogP contribution >= 0.6 is 38.9 Å². The molecule has 18 heavy (non-hydrogen) atoms. The molecule has 0 fully saturated rings. The third-order valence-corrected chi connectivity index (χ3v) is 4.49. The van der Waals surface area contributed by atoms with Crippen LogP contribution in [-0.4, -0.2) is 0 Å². The SMILES string of the molecule is NNC(CCc1ccsc1)c1ccc(Cl)cc1Br. The molecule has 1 atom stereocenters. The van der Waals surface area contributed by atoms with Crippen molar-refractivity contribution in [2.75, 3.05) is 0 Å². The molecule has 0 amide bonds. The summed E-state index contributed by atoms with van der Waals surface area (Å²) in [6, 6.07) is 8.05. The predicted octanol–water partition coefficient (Wildman–Crippen LogP) is 4.30. The first-order valence-electron chi connectivity index (χ1n) is 5.63. The second-order valence-electron chi connectivity index (χ2n) is 4.06. The summed E-state index contributed by atoms with van der Waals surface area (Å²) in [6.07, 6.45) is 1.96. The molecule has 3 N–H and O–H groups in total. The molecule has 2 rings (SSSR count). The number of rotatable bonds is 5. The molecule has 1 aromatic carbocycles. The first kappa shape index (κ1) is 14.0. The van der Waals surface area contributed by atoms with Crippen LogP contribution in [0.15, 0.2) is 39.5 Å². The van der Waals surface area contributed by atoms with Gasteiger partial charge in [-0.1, -0.05) is 33.6 Å². The lowest BCUT2D eigenvalue weighted by molar-refractivity contribution is 0.515. The Hall–Kier alpha value is -0.390. The van der Waals surface area contributed by atoms with E-state index in [9.17, 15) is 0 Å². The average Bonchev–Trinajstić information content (AvgIpc) is 2.85. The zero-order valence-corrected chi connectivity index (χ0v) is 12.9. The lowest BCUT2D eigenvalue weighted by atomic mass is 10.0. The van der Waals surface area contributed by atoms with Gasteiger partial charge in [0.05, 0.1) is 0 Å². The summed E-state index contributed by atoms with van der Waals surface area (Å²) >= 11 is 11.2. The summed E-state index contributed by atoms with van der Waals surface area (Å²) in [6.45, 7) is 0. The Bertz CT molecular complexity index is 502. The number of benzene rings is 1. The second-order valence-corrected chi connectivity index (χ2v) is 6.13. The maximum absolute atomic E-state index is 5.94. The van der Waals surface area contributed by atoms with E-state index in [-0.39, 0.29) is 6.04 Å². The Morgan fingerprint density at radius 3 is 2.83 bits per heavy atom. The molecule has 1 heterocycles. The van der Waals surface area contributed by atoms with Gasteiger partial charge in [0.15, 0.2) is 0 Å². The summed E-state index contributed by atoms with van der Waals surface area (Å²) < 4.78 is 0.989. The molecular weight excluding hydrogens is 332 g/mol. The molecule has 0 saturated heterocycles. The zero-order valence-electron chi connectivity index (χ0n) is 9.70. The smallest absolute Gasteiger partial charge is 0.0474 e. The highest BCUT2D eigenvalue weighted by Crippen LogP contribution is 2.29. The number of nitrogens with two attached hydrogens (primary N) is 1. The molecule has 0 aliphatic heterocycles. The number of hydrogen-bond acceptors (Lipinski definition) is 3. The Morgan fingerprint density at radius 1 is 1.39 bits per heavy atom. The van der Waals surface area contributed by atoms with Gasteiger partial charge in [-0.05, 0) is 52.9 Å². The van der Waals surface area contributed by atoms with Crippen molar-refractivity contribution in [2.24, 2.45) is 5.84 Å². The van der Waals surface area contributed by atoms with Crippen molar-refractivity contribution < 1.29 is 0 Å². The van der Waals surface area contributed by atoms with Gasteiger partial charge < -0.3 is 0 Å². The minimum atomic E-state index is 0.122. The van der Waals surface area contributed by atoms with Crippen LogP contribution in [0, 0.1) is 0 Å². The molecule has 1 unspecified atom stereocenters. The van der Waals surface area contributed by atoms with Gasteiger partial charge in [-0.3, -0.25) is 11.3 Å². The van der Waals surface area contributed by atoms with Gasteiger partial charge in [0.25, 0.3) is 0 Å². The van der Waals surface area contributed by atoms with E-state index in [0.717, 1.165) is 27.9 Å². The highest BCUT2D eigenvalue weighted by molar-refractivity contribution is 9.10. The molecular formula is C13H14BrClN2S. The molecule has 0 saturated carbocycles. The minimum absolute atomic E-state index is 0.122. The number of hydrogen-bond donors (Lipinski definition) is 2. The van der Waals surface area contributed by atoms with Crippen LogP contribution < -0.4 is 11.3 Å². The Morgan fingerprint density at radius 2 is 2.22 bits per heavy atom. The molecule has 2 aromatic rings. The first-order valence-corrected chi connectivity index (χ1v) is 7.74. The highest BCUT2D eigenvalue weighted by Gasteiger charge is 2.13. The number of hydrazine groups is 1.